The third-order valence-corrected chi connectivity index (χ3v) is 6.22. The molecular weight excluding hydrogens is 366 g/mol. The topological polar surface area (TPSA) is 85.1 Å². The van der Waals surface area contributed by atoms with Crippen LogP contribution in [0.2, 0.25) is 5.02 Å². The van der Waals surface area contributed by atoms with Gasteiger partial charge in [0.2, 0.25) is 5.89 Å². The van der Waals surface area contributed by atoms with Crippen molar-refractivity contribution in [2.75, 3.05) is 0 Å². The summed E-state index contributed by atoms with van der Waals surface area (Å²) in [5, 5.41) is 3.92. The second-order valence-electron chi connectivity index (χ2n) is 3.25. The van der Waals surface area contributed by atoms with Crippen LogP contribution in [0.3, 0.4) is 0 Å². The highest BCUT2D eigenvalue weighted by Gasteiger charge is 2.19. The van der Waals surface area contributed by atoms with Gasteiger partial charge in [0.25, 0.3) is 10.0 Å². The summed E-state index contributed by atoms with van der Waals surface area (Å²) in [5.74, 6) is 0.656. The number of nitrogens with one attached hydrogen (secondary N) is 1. The molecule has 0 radical (unpaired) electrons. The maximum Gasteiger partial charge on any atom is 0.250 e. The lowest BCUT2D eigenvalue weighted by atomic mass is 10.6. The molecule has 0 aliphatic heterocycles. The van der Waals surface area contributed by atoms with E-state index in [-0.39, 0.29) is 16.6 Å². The van der Waals surface area contributed by atoms with Gasteiger partial charge in [-0.25, -0.2) is 13.1 Å². The number of hydrogen-bond acceptors (Lipinski definition) is 6. The molecule has 2 heterocycles. The standard InChI is InChI=1S/C8H7BrClN3O3S2/c1-4-12-6(16-13-4)3-11-18(14,15)7-2-5(10)8(9)17-7/h2,11H,3H2,1H3. The van der Waals surface area contributed by atoms with Crippen molar-refractivity contribution in [2.24, 2.45) is 0 Å². The molecule has 0 atom stereocenters. The second-order valence-corrected chi connectivity index (χ2v) is 8.02. The second kappa shape index (κ2) is 5.25. The number of thiophene rings is 1. The Bertz CT molecular complexity index is 647. The van der Waals surface area contributed by atoms with Gasteiger partial charge in [-0.15, -0.1) is 11.3 Å². The van der Waals surface area contributed by atoms with E-state index in [4.69, 9.17) is 16.1 Å². The molecule has 10 heteroatoms. The summed E-state index contributed by atoms with van der Waals surface area (Å²) in [7, 11) is -3.62. The first-order valence-electron chi connectivity index (χ1n) is 4.62. The maximum absolute atomic E-state index is 11.9. The molecule has 6 nitrogen and oxygen atoms in total. The van der Waals surface area contributed by atoms with E-state index >= 15 is 0 Å². The normalized spacial score (nSPS) is 11.9. The van der Waals surface area contributed by atoms with E-state index in [0.29, 0.717) is 14.6 Å². The Morgan fingerprint density at radius 3 is 2.83 bits per heavy atom. The minimum absolute atomic E-state index is 0.0592. The fraction of sp³-hybridized carbons (Fsp3) is 0.250. The number of nitrogens with zero attached hydrogens (tertiary/aromatic N) is 2. The number of aryl methyl sites for hydroxylation is 1. The maximum atomic E-state index is 11.9. The van der Waals surface area contributed by atoms with Crippen molar-refractivity contribution in [3.8, 4) is 0 Å². The first kappa shape index (κ1) is 13.9. The minimum atomic E-state index is -3.62. The molecule has 0 amide bonds. The SMILES string of the molecule is Cc1noc(CNS(=O)(=O)c2cc(Cl)c(Br)s2)n1. The zero-order chi connectivity index (χ0) is 13.3. The predicted octanol–water partition coefficient (Wildman–Crippen LogP) is 2.33. The Kier molecular flexibility index (Phi) is 4.07. The molecule has 2 rings (SSSR count). The van der Waals surface area contributed by atoms with Crippen molar-refractivity contribution < 1.29 is 12.9 Å². The molecule has 0 aliphatic rings. The number of aromatic nitrogens is 2. The van der Waals surface area contributed by atoms with Crippen LogP contribution in [0.15, 0.2) is 18.6 Å². The first-order chi connectivity index (χ1) is 8.38. The molecule has 0 saturated carbocycles. The van der Waals surface area contributed by atoms with E-state index in [1.165, 1.54) is 6.07 Å². The minimum Gasteiger partial charge on any atom is -0.338 e. The van der Waals surface area contributed by atoms with Gasteiger partial charge >= 0.3 is 0 Å². The van der Waals surface area contributed by atoms with Crippen molar-refractivity contribution in [1.82, 2.24) is 14.9 Å². The van der Waals surface area contributed by atoms with Crippen LogP contribution in [0.4, 0.5) is 0 Å². The van der Waals surface area contributed by atoms with Crippen molar-refractivity contribution >= 4 is 48.9 Å². The highest BCUT2D eigenvalue weighted by atomic mass is 79.9. The summed E-state index contributed by atoms with van der Waals surface area (Å²) >= 11 is 9.98. The Morgan fingerprint density at radius 1 is 1.61 bits per heavy atom. The molecule has 98 valence electrons. The van der Waals surface area contributed by atoms with Crippen LogP contribution in [-0.2, 0) is 16.6 Å². The van der Waals surface area contributed by atoms with Crippen LogP contribution in [0.5, 0.6) is 0 Å². The van der Waals surface area contributed by atoms with E-state index < -0.39 is 10.0 Å². The molecule has 2 aromatic heterocycles. The number of rotatable bonds is 4. The summed E-state index contributed by atoms with van der Waals surface area (Å²) in [5.41, 5.74) is 0. The van der Waals surface area contributed by atoms with Gasteiger partial charge in [-0.3, -0.25) is 0 Å². The lowest BCUT2D eigenvalue weighted by Crippen LogP contribution is -2.22. The molecule has 2 aromatic rings. The molecule has 18 heavy (non-hydrogen) atoms. The predicted molar refractivity (Wildman–Crippen MR) is 70.1 cm³/mol. The molecule has 1 N–H and O–H groups in total. The van der Waals surface area contributed by atoms with Gasteiger partial charge in [0.1, 0.15) is 4.21 Å². The van der Waals surface area contributed by atoms with Crippen LogP contribution in [0, 0.1) is 6.92 Å². The third-order valence-electron chi connectivity index (χ3n) is 1.87. The highest BCUT2D eigenvalue weighted by Crippen LogP contribution is 2.34. The van der Waals surface area contributed by atoms with E-state index in [9.17, 15) is 8.42 Å². The Morgan fingerprint density at radius 2 is 2.33 bits per heavy atom. The van der Waals surface area contributed by atoms with Gasteiger partial charge in [-0.2, -0.15) is 4.98 Å². The number of halogens is 2. The average Bonchev–Trinajstić information content (AvgIpc) is 2.84. The lowest BCUT2D eigenvalue weighted by molar-refractivity contribution is 0.372. The third kappa shape index (κ3) is 3.09. The molecule has 0 spiro atoms. The summed E-state index contributed by atoms with van der Waals surface area (Å²) in [4.78, 5) is 3.89. The summed E-state index contributed by atoms with van der Waals surface area (Å²) in [6.45, 7) is 1.59. The first-order valence-corrected chi connectivity index (χ1v) is 8.09. The Hall–Kier alpha value is -0.480. The van der Waals surface area contributed by atoms with Crippen LogP contribution in [0.25, 0.3) is 0 Å². The number of hydrogen-bond donors (Lipinski definition) is 1. The Labute approximate surface area is 121 Å². The molecule has 0 bridgehead atoms. The molecular formula is C8H7BrClN3O3S2. The Balaban J connectivity index is 2.12. The van der Waals surface area contributed by atoms with Crippen molar-refractivity contribution in [3.05, 3.63) is 26.6 Å². The van der Waals surface area contributed by atoms with Crippen molar-refractivity contribution in [3.63, 3.8) is 0 Å². The summed E-state index contributed by atoms with van der Waals surface area (Å²) in [6, 6.07) is 1.37. The zero-order valence-corrected chi connectivity index (χ0v) is 13.0. The van der Waals surface area contributed by atoms with Crippen LogP contribution < -0.4 is 4.72 Å². The van der Waals surface area contributed by atoms with Gasteiger partial charge in [-0.05, 0) is 28.9 Å². The van der Waals surface area contributed by atoms with E-state index in [1.54, 1.807) is 6.92 Å². The fourth-order valence-corrected chi connectivity index (χ4v) is 4.52. The summed E-state index contributed by atoms with van der Waals surface area (Å²) in [6.07, 6.45) is 0. The van der Waals surface area contributed by atoms with Crippen molar-refractivity contribution in [2.45, 2.75) is 17.7 Å². The fourth-order valence-electron chi connectivity index (χ4n) is 1.10. The quantitative estimate of drug-likeness (QED) is 0.890. The largest absolute Gasteiger partial charge is 0.338 e. The van der Waals surface area contributed by atoms with Gasteiger partial charge in [0.15, 0.2) is 5.82 Å². The smallest absolute Gasteiger partial charge is 0.250 e. The van der Waals surface area contributed by atoms with E-state index in [0.717, 1.165) is 11.3 Å². The van der Waals surface area contributed by atoms with Crippen LogP contribution in [0.1, 0.15) is 11.7 Å². The summed E-state index contributed by atoms with van der Waals surface area (Å²) < 4.78 is 31.7. The van der Waals surface area contributed by atoms with E-state index in [2.05, 4.69) is 30.8 Å². The zero-order valence-electron chi connectivity index (χ0n) is 8.98. The highest BCUT2D eigenvalue weighted by molar-refractivity contribution is 9.11. The average molecular weight is 373 g/mol. The van der Waals surface area contributed by atoms with Gasteiger partial charge in [0.05, 0.1) is 15.4 Å². The van der Waals surface area contributed by atoms with Gasteiger partial charge in [0, 0.05) is 0 Å². The van der Waals surface area contributed by atoms with Crippen LogP contribution >= 0.6 is 38.9 Å². The molecule has 0 saturated heterocycles. The monoisotopic (exact) mass is 371 g/mol. The van der Waals surface area contributed by atoms with Gasteiger partial charge in [-0.1, -0.05) is 16.8 Å². The molecule has 0 aromatic carbocycles. The molecule has 0 fully saturated rings. The van der Waals surface area contributed by atoms with Crippen molar-refractivity contribution in [1.29, 1.82) is 0 Å². The molecule has 0 unspecified atom stereocenters. The van der Waals surface area contributed by atoms with Gasteiger partial charge < -0.3 is 4.52 Å². The van der Waals surface area contributed by atoms with Crippen LogP contribution in [-0.4, -0.2) is 18.6 Å². The lowest BCUT2D eigenvalue weighted by Gasteiger charge is -2.00. The van der Waals surface area contributed by atoms with E-state index in [1.807, 2.05) is 0 Å². The molecule has 0 aliphatic carbocycles. The number of sulfonamides is 1.